The quantitative estimate of drug-likeness (QED) is 0.270. The molecule has 0 radical (unpaired) electrons. The molecule has 3 spiro atoms. The highest BCUT2D eigenvalue weighted by atomic mass is 16.6. The van der Waals surface area contributed by atoms with E-state index in [0.29, 0.717) is 30.4 Å². The number of aromatic hydroxyl groups is 2. The fourth-order valence-electron chi connectivity index (χ4n) is 16.1. The summed E-state index contributed by atoms with van der Waals surface area (Å²) in [5.74, 6) is 3.28. The van der Waals surface area contributed by atoms with Gasteiger partial charge in [-0.25, -0.2) is 0 Å². The first-order valence-corrected chi connectivity index (χ1v) is 22.5. The second-order valence-electron chi connectivity index (χ2n) is 21.3. The molecule has 6 bridgehead atoms. The lowest BCUT2D eigenvalue weighted by Crippen LogP contribution is -2.82. The average Bonchev–Trinajstić information content (AvgIpc) is 3.80. The molecule has 57 heavy (non-hydrogen) atoms. The number of piperidine rings is 2. The van der Waals surface area contributed by atoms with Crippen molar-refractivity contribution in [2.45, 2.75) is 162 Å². The molecule has 12 aliphatic rings. The fourth-order valence-corrected chi connectivity index (χ4v) is 16.1. The predicted molar refractivity (Wildman–Crippen MR) is 212 cm³/mol. The Labute approximate surface area is 336 Å². The minimum Gasteiger partial charge on any atom is -0.504 e. The number of aliphatic hydroxyl groups is 3. The van der Waals surface area contributed by atoms with Crippen molar-refractivity contribution in [3.05, 3.63) is 46.5 Å². The molecular formula is C47H62N2O8. The molecule has 0 unspecified atom stereocenters. The van der Waals surface area contributed by atoms with Gasteiger partial charge in [-0.05, 0) is 146 Å². The number of aliphatic hydroxyl groups excluding tert-OH is 1. The molecule has 10 nitrogen and oxygen atoms in total. The van der Waals surface area contributed by atoms with Crippen LogP contribution in [-0.2, 0) is 28.4 Å². The molecule has 0 amide bonds. The van der Waals surface area contributed by atoms with E-state index in [1.165, 1.54) is 55.3 Å². The fraction of sp³-hybridized carbons (Fsp3) is 0.745. The van der Waals surface area contributed by atoms with Crippen LogP contribution < -0.4 is 9.47 Å². The highest BCUT2D eigenvalue weighted by Crippen LogP contribution is 2.77. The maximum atomic E-state index is 12.1. The van der Waals surface area contributed by atoms with E-state index in [1.807, 2.05) is 33.1 Å². The number of likely N-dealkylation sites (tertiary alicyclic amines) is 2. The summed E-state index contributed by atoms with van der Waals surface area (Å²) in [5.41, 5.74) is 1.95. The number of rotatable bonds is 6. The van der Waals surface area contributed by atoms with Crippen molar-refractivity contribution in [1.29, 1.82) is 0 Å². The lowest BCUT2D eigenvalue weighted by Gasteiger charge is -2.75. The first-order chi connectivity index (χ1) is 27.3. The third kappa shape index (κ3) is 4.29. The number of nitrogens with zero attached hydrogens (tertiary/aromatic N) is 2. The van der Waals surface area contributed by atoms with E-state index in [-0.39, 0.29) is 40.4 Å². The molecule has 2 aromatic rings. The largest absolute Gasteiger partial charge is 0.504 e. The van der Waals surface area contributed by atoms with Crippen LogP contribution in [0.3, 0.4) is 0 Å². The molecule has 8 aliphatic carbocycles. The normalized spacial score (nSPS) is 44.2. The third-order valence-corrected chi connectivity index (χ3v) is 18.8. The summed E-state index contributed by atoms with van der Waals surface area (Å²) in [5, 5.41) is 55.4. The van der Waals surface area contributed by atoms with Crippen LogP contribution in [0.5, 0.6) is 23.0 Å². The second kappa shape index (κ2) is 11.6. The van der Waals surface area contributed by atoms with Crippen molar-refractivity contribution in [1.82, 2.24) is 9.80 Å². The van der Waals surface area contributed by atoms with Gasteiger partial charge in [-0.2, -0.15) is 0 Å². The Balaban J connectivity index is 0.000000127. The number of hydrogen-bond donors (Lipinski definition) is 5. The van der Waals surface area contributed by atoms with Crippen LogP contribution in [0.1, 0.15) is 113 Å². The minimum absolute atomic E-state index is 0.0123. The van der Waals surface area contributed by atoms with Crippen LogP contribution in [0.15, 0.2) is 24.3 Å². The first-order valence-electron chi connectivity index (χ1n) is 22.5. The Morgan fingerprint density at radius 1 is 0.772 bits per heavy atom. The molecule has 2 aromatic carbocycles. The topological polar surface area (TPSA) is 135 Å². The summed E-state index contributed by atoms with van der Waals surface area (Å²) in [6.07, 6.45) is 13.4. The molecule has 5 N–H and O–H groups in total. The van der Waals surface area contributed by atoms with Gasteiger partial charge < -0.3 is 39.7 Å². The Hall–Kier alpha value is -2.60. The van der Waals surface area contributed by atoms with Gasteiger partial charge in [-0.3, -0.25) is 9.80 Å². The summed E-state index contributed by atoms with van der Waals surface area (Å²) in [4.78, 5) is 5.33. The standard InChI is InChI=1S/C26H35NO4.C21H27NO4/c1-23(2,29)18-13-24-8-9-26(18,30-3)22-25(24)10-11-27(14-15-4-5-15)19(24)12-16-6-7-17(28)21(31-22)20(16)25;23-14-5-4-13-10-16-21(25)7-6-15(24)19-20(21,17(13)18(14)26-19)8-9-22(16)11-12-2-1-3-12/h6-7,15,18-19,22,28-29H,4-5,8-14H2,1-3H3;4-5,12,15-16,19,23-25H,1-3,6-11H2/t18-,19-,22-,24-,25+,26-;15-,16+,19-,20-,21+/m10/s1. The molecule has 11 atom stereocenters. The lowest BCUT2D eigenvalue weighted by molar-refractivity contribution is -0.300. The van der Waals surface area contributed by atoms with Gasteiger partial charge in [0, 0.05) is 60.2 Å². The molecule has 308 valence electrons. The first kappa shape index (κ1) is 36.3. The smallest absolute Gasteiger partial charge is 0.165 e. The number of phenols is 2. The van der Waals surface area contributed by atoms with Gasteiger partial charge in [0.1, 0.15) is 17.8 Å². The zero-order valence-electron chi connectivity index (χ0n) is 34.0. The lowest BCUT2D eigenvalue weighted by atomic mass is 9.34. The Bertz CT molecular complexity index is 2030. The summed E-state index contributed by atoms with van der Waals surface area (Å²) in [6, 6.07) is 8.26. The molecule has 4 heterocycles. The monoisotopic (exact) mass is 782 g/mol. The van der Waals surface area contributed by atoms with Gasteiger partial charge in [0.2, 0.25) is 0 Å². The Morgan fingerprint density at radius 3 is 2.02 bits per heavy atom. The average molecular weight is 783 g/mol. The second-order valence-corrected chi connectivity index (χ2v) is 21.3. The van der Waals surface area contributed by atoms with Gasteiger partial charge >= 0.3 is 0 Å². The van der Waals surface area contributed by atoms with Crippen molar-refractivity contribution in [2.75, 3.05) is 33.3 Å². The molecule has 6 saturated carbocycles. The van der Waals surface area contributed by atoms with E-state index < -0.39 is 34.4 Å². The zero-order chi connectivity index (χ0) is 39.1. The van der Waals surface area contributed by atoms with Crippen LogP contribution >= 0.6 is 0 Å². The van der Waals surface area contributed by atoms with E-state index >= 15 is 0 Å². The molecule has 10 heteroatoms. The van der Waals surface area contributed by atoms with Crippen LogP contribution in [0.25, 0.3) is 0 Å². The van der Waals surface area contributed by atoms with E-state index in [2.05, 4.69) is 15.9 Å². The number of fused-ring (bicyclic) bond motifs is 2. The van der Waals surface area contributed by atoms with Crippen molar-refractivity contribution in [2.24, 2.45) is 23.2 Å². The minimum atomic E-state index is -0.884. The van der Waals surface area contributed by atoms with Crippen LogP contribution in [-0.4, -0.2) is 116 Å². The number of benzene rings is 2. The Kier molecular flexibility index (Phi) is 7.38. The van der Waals surface area contributed by atoms with Crippen LogP contribution in [0.2, 0.25) is 0 Å². The van der Waals surface area contributed by atoms with E-state index in [9.17, 15) is 25.5 Å². The maximum absolute atomic E-state index is 12.1. The zero-order valence-corrected chi connectivity index (χ0v) is 34.0. The molecule has 4 aliphatic heterocycles. The van der Waals surface area contributed by atoms with Gasteiger partial charge in [-0.15, -0.1) is 0 Å². The summed E-state index contributed by atoms with van der Waals surface area (Å²) >= 11 is 0. The highest BCUT2D eigenvalue weighted by molar-refractivity contribution is 5.64. The molecule has 2 saturated heterocycles. The van der Waals surface area contributed by atoms with Gasteiger partial charge in [0.05, 0.1) is 22.7 Å². The molecule has 0 aromatic heterocycles. The van der Waals surface area contributed by atoms with Crippen molar-refractivity contribution < 1.29 is 39.7 Å². The summed E-state index contributed by atoms with van der Waals surface area (Å²) in [7, 11) is 1.81. The summed E-state index contributed by atoms with van der Waals surface area (Å²) in [6.45, 7) is 8.24. The van der Waals surface area contributed by atoms with Gasteiger partial charge in [0.15, 0.2) is 23.0 Å². The van der Waals surface area contributed by atoms with Crippen molar-refractivity contribution in [3.8, 4) is 23.0 Å². The highest BCUT2D eigenvalue weighted by Gasteiger charge is 2.82. The number of hydrogen-bond acceptors (Lipinski definition) is 10. The van der Waals surface area contributed by atoms with E-state index in [4.69, 9.17) is 14.2 Å². The SMILES string of the molecule is CO[C@]12CC[C@@]3(C[C@@H]1C(C)(C)O)[C@H]1Cc4ccc(O)c5c4[C@@]3(CCN1CC1CC1)[C@H]2O5.Oc1ccc2c3c1O[C@H]1[C@@H](O)CC[C@@]4(O)[C@@H](C2)N(CC2CCC2)CC[C@]314. The molecule has 8 fully saturated rings. The Morgan fingerprint density at radius 2 is 1.39 bits per heavy atom. The van der Waals surface area contributed by atoms with Crippen LogP contribution in [0, 0.1) is 23.2 Å². The van der Waals surface area contributed by atoms with Crippen LogP contribution in [0.4, 0.5) is 0 Å². The molecular weight excluding hydrogens is 721 g/mol. The van der Waals surface area contributed by atoms with Crippen molar-refractivity contribution in [3.63, 3.8) is 0 Å². The van der Waals surface area contributed by atoms with Crippen molar-refractivity contribution >= 4 is 0 Å². The predicted octanol–water partition coefficient (Wildman–Crippen LogP) is 5.09. The third-order valence-electron chi connectivity index (χ3n) is 18.8. The van der Waals surface area contributed by atoms with Gasteiger partial charge in [-0.1, -0.05) is 18.6 Å². The molecule has 14 rings (SSSR count). The number of ether oxygens (including phenoxy) is 3. The maximum Gasteiger partial charge on any atom is 0.165 e. The van der Waals surface area contributed by atoms with E-state index in [1.54, 1.807) is 6.07 Å². The summed E-state index contributed by atoms with van der Waals surface area (Å²) < 4.78 is 19.3. The van der Waals surface area contributed by atoms with Gasteiger partial charge in [0.25, 0.3) is 0 Å². The number of methoxy groups -OCH3 is 1. The van der Waals surface area contributed by atoms with E-state index in [0.717, 1.165) is 82.0 Å². The number of phenolic OH excluding ortho intramolecular Hbond substituents is 2.